The van der Waals surface area contributed by atoms with E-state index in [2.05, 4.69) is 6.92 Å². The Morgan fingerprint density at radius 3 is 2.35 bits per heavy atom. The number of aromatic hydroxyl groups is 1. The SMILES string of the molecule is CCCCCCN1C(=O)C(O)=C(C(C)=O)C1c1ccc(O)cc1. The molecule has 0 saturated carbocycles. The molecule has 0 aromatic heterocycles. The number of ketones is 1. The Labute approximate surface area is 136 Å². The Morgan fingerprint density at radius 2 is 1.78 bits per heavy atom. The van der Waals surface area contributed by atoms with Crippen LogP contribution in [-0.2, 0) is 9.59 Å². The van der Waals surface area contributed by atoms with E-state index in [1.54, 1.807) is 17.0 Å². The molecule has 0 radical (unpaired) electrons. The number of amides is 1. The van der Waals surface area contributed by atoms with Gasteiger partial charge in [-0.3, -0.25) is 9.59 Å². The van der Waals surface area contributed by atoms with Crippen LogP contribution < -0.4 is 0 Å². The van der Waals surface area contributed by atoms with Crippen molar-refractivity contribution < 1.29 is 19.8 Å². The van der Waals surface area contributed by atoms with E-state index < -0.39 is 17.7 Å². The number of rotatable bonds is 7. The Balaban J connectivity index is 2.31. The molecule has 0 saturated heterocycles. The van der Waals surface area contributed by atoms with Gasteiger partial charge in [-0.1, -0.05) is 38.3 Å². The molecule has 1 atom stereocenters. The van der Waals surface area contributed by atoms with Crippen LogP contribution in [-0.4, -0.2) is 33.3 Å². The molecule has 23 heavy (non-hydrogen) atoms. The number of carbonyl (C=O) groups excluding carboxylic acids is 2. The maximum Gasteiger partial charge on any atom is 0.290 e. The van der Waals surface area contributed by atoms with Gasteiger partial charge in [0.15, 0.2) is 11.5 Å². The molecule has 0 bridgehead atoms. The quantitative estimate of drug-likeness (QED) is 0.757. The third-order valence-electron chi connectivity index (χ3n) is 4.14. The van der Waals surface area contributed by atoms with Crippen LogP contribution in [0.25, 0.3) is 0 Å². The molecule has 2 N–H and O–H groups in total. The van der Waals surface area contributed by atoms with Crippen LogP contribution in [0.3, 0.4) is 0 Å². The maximum atomic E-state index is 12.4. The molecular formula is C18H23NO4. The van der Waals surface area contributed by atoms with Gasteiger partial charge < -0.3 is 15.1 Å². The average Bonchev–Trinajstić information content (AvgIpc) is 2.77. The number of phenolic OH excluding ortho intramolecular Hbond substituents is 1. The van der Waals surface area contributed by atoms with Gasteiger partial charge in [0.1, 0.15) is 5.75 Å². The highest BCUT2D eigenvalue weighted by Crippen LogP contribution is 2.38. The van der Waals surface area contributed by atoms with Gasteiger partial charge in [0, 0.05) is 6.54 Å². The van der Waals surface area contributed by atoms with Crippen LogP contribution in [0.5, 0.6) is 5.75 Å². The van der Waals surface area contributed by atoms with E-state index in [0.717, 1.165) is 25.7 Å². The lowest BCUT2D eigenvalue weighted by atomic mass is 9.96. The molecule has 1 aromatic carbocycles. The first kappa shape index (κ1) is 17.1. The highest BCUT2D eigenvalue weighted by molar-refractivity contribution is 6.08. The molecule has 1 aromatic rings. The number of Topliss-reactive ketones (excluding diaryl/α,β-unsaturated/α-hetero) is 1. The largest absolute Gasteiger partial charge is 0.508 e. The fourth-order valence-corrected chi connectivity index (χ4v) is 2.96. The summed E-state index contributed by atoms with van der Waals surface area (Å²) in [6.07, 6.45) is 4.01. The van der Waals surface area contributed by atoms with Crippen LogP contribution in [0.1, 0.15) is 51.1 Å². The zero-order chi connectivity index (χ0) is 17.0. The lowest BCUT2D eigenvalue weighted by molar-refractivity contribution is -0.129. The third kappa shape index (κ3) is 3.55. The maximum absolute atomic E-state index is 12.4. The number of aliphatic hydroxyl groups excluding tert-OH is 1. The molecule has 1 aliphatic heterocycles. The first-order valence-corrected chi connectivity index (χ1v) is 8.01. The van der Waals surface area contributed by atoms with Crippen LogP contribution >= 0.6 is 0 Å². The van der Waals surface area contributed by atoms with Gasteiger partial charge in [0.25, 0.3) is 5.91 Å². The summed E-state index contributed by atoms with van der Waals surface area (Å²) in [7, 11) is 0. The van der Waals surface area contributed by atoms with Gasteiger partial charge in [0.2, 0.25) is 0 Å². The number of carbonyl (C=O) groups is 2. The topological polar surface area (TPSA) is 77.8 Å². The summed E-state index contributed by atoms with van der Waals surface area (Å²) >= 11 is 0. The summed E-state index contributed by atoms with van der Waals surface area (Å²) in [5.41, 5.74) is 0.845. The van der Waals surface area contributed by atoms with E-state index in [1.165, 1.54) is 19.1 Å². The third-order valence-corrected chi connectivity index (χ3v) is 4.14. The monoisotopic (exact) mass is 317 g/mol. The van der Waals surface area contributed by atoms with E-state index in [9.17, 15) is 19.8 Å². The highest BCUT2D eigenvalue weighted by Gasteiger charge is 2.41. The molecule has 1 unspecified atom stereocenters. The van der Waals surface area contributed by atoms with Crippen molar-refractivity contribution in [3.63, 3.8) is 0 Å². The summed E-state index contributed by atoms with van der Waals surface area (Å²) in [5.74, 6) is -1.15. The van der Waals surface area contributed by atoms with E-state index >= 15 is 0 Å². The average molecular weight is 317 g/mol. The van der Waals surface area contributed by atoms with Crippen molar-refractivity contribution in [2.45, 2.75) is 45.6 Å². The molecule has 1 amide bonds. The zero-order valence-corrected chi connectivity index (χ0v) is 13.6. The molecule has 0 fully saturated rings. The Hall–Kier alpha value is -2.30. The molecular weight excluding hydrogens is 294 g/mol. The van der Waals surface area contributed by atoms with Crippen molar-refractivity contribution in [2.75, 3.05) is 6.54 Å². The van der Waals surface area contributed by atoms with Crippen LogP contribution in [0.4, 0.5) is 0 Å². The number of hydrogen-bond acceptors (Lipinski definition) is 4. The number of benzene rings is 1. The summed E-state index contributed by atoms with van der Waals surface area (Å²) in [6, 6.07) is 5.80. The molecule has 0 aliphatic carbocycles. The molecule has 1 heterocycles. The lowest BCUT2D eigenvalue weighted by Crippen LogP contribution is -2.32. The number of aliphatic hydroxyl groups is 1. The molecule has 0 spiro atoms. The fourth-order valence-electron chi connectivity index (χ4n) is 2.96. The highest BCUT2D eigenvalue weighted by atomic mass is 16.3. The number of unbranched alkanes of at least 4 members (excludes halogenated alkanes) is 3. The van der Waals surface area contributed by atoms with Crippen molar-refractivity contribution in [3.8, 4) is 5.75 Å². The smallest absolute Gasteiger partial charge is 0.290 e. The number of nitrogens with zero attached hydrogens (tertiary/aromatic N) is 1. The molecule has 5 heteroatoms. The van der Waals surface area contributed by atoms with Crippen LogP contribution in [0.15, 0.2) is 35.6 Å². The predicted octanol–water partition coefficient (Wildman–Crippen LogP) is 3.26. The molecule has 5 nitrogen and oxygen atoms in total. The zero-order valence-electron chi connectivity index (χ0n) is 13.6. The van der Waals surface area contributed by atoms with E-state index in [-0.39, 0.29) is 17.1 Å². The molecule has 124 valence electrons. The summed E-state index contributed by atoms with van der Waals surface area (Å²) in [6.45, 7) is 3.96. The van der Waals surface area contributed by atoms with Crippen molar-refractivity contribution in [2.24, 2.45) is 0 Å². The number of phenols is 1. The van der Waals surface area contributed by atoms with E-state index in [1.807, 2.05) is 0 Å². The molecule has 2 rings (SSSR count). The van der Waals surface area contributed by atoms with Gasteiger partial charge in [-0.05, 0) is 31.0 Å². The number of hydrogen-bond donors (Lipinski definition) is 2. The molecule has 1 aliphatic rings. The minimum atomic E-state index is -0.581. The summed E-state index contributed by atoms with van der Waals surface area (Å²) < 4.78 is 0. The van der Waals surface area contributed by atoms with Gasteiger partial charge >= 0.3 is 0 Å². The minimum absolute atomic E-state index is 0.116. The van der Waals surface area contributed by atoms with Gasteiger partial charge in [-0.2, -0.15) is 0 Å². The first-order valence-electron chi connectivity index (χ1n) is 8.01. The van der Waals surface area contributed by atoms with Gasteiger partial charge in [-0.25, -0.2) is 0 Å². The Bertz CT molecular complexity index is 618. The van der Waals surface area contributed by atoms with Crippen molar-refractivity contribution in [3.05, 3.63) is 41.2 Å². The standard InChI is InChI=1S/C18H23NO4/c1-3-4-5-6-11-19-16(13-7-9-14(21)10-8-13)15(12(2)20)17(22)18(19)23/h7-10,16,21-22H,3-6,11H2,1-2H3. The van der Waals surface area contributed by atoms with E-state index in [0.29, 0.717) is 12.1 Å². The van der Waals surface area contributed by atoms with Gasteiger partial charge in [-0.15, -0.1) is 0 Å². The van der Waals surface area contributed by atoms with Crippen LogP contribution in [0, 0.1) is 0 Å². The summed E-state index contributed by atoms with van der Waals surface area (Å²) in [4.78, 5) is 25.8. The van der Waals surface area contributed by atoms with Gasteiger partial charge in [0.05, 0.1) is 11.6 Å². The first-order chi connectivity index (χ1) is 11.0. The van der Waals surface area contributed by atoms with Crippen LogP contribution in [0.2, 0.25) is 0 Å². The second kappa shape index (κ2) is 7.31. The fraction of sp³-hybridized carbons (Fsp3) is 0.444. The van der Waals surface area contributed by atoms with Crippen molar-refractivity contribution >= 4 is 11.7 Å². The normalized spacial score (nSPS) is 17.9. The van der Waals surface area contributed by atoms with Crippen molar-refractivity contribution in [1.82, 2.24) is 4.90 Å². The second-order valence-corrected chi connectivity index (χ2v) is 5.87. The predicted molar refractivity (Wildman–Crippen MR) is 87.0 cm³/mol. The Morgan fingerprint density at radius 1 is 1.13 bits per heavy atom. The second-order valence-electron chi connectivity index (χ2n) is 5.87. The van der Waals surface area contributed by atoms with E-state index in [4.69, 9.17) is 0 Å². The minimum Gasteiger partial charge on any atom is -0.508 e. The lowest BCUT2D eigenvalue weighted by Gasteiger charge is -2.26. The summed E-state index contributed by atoms with van der Waals surface area (Å²) in [5, 5.41) is 19.5. The Kier molecular flexibility index (Phi) is 5.42. The van der Waals surface area contributed by atoms with Crippen molar-refractivity contribution in [1.29, 1.82) is 0 Å².